The average molecular weight is 451 g/mol. The average Bonchev–Trinajstić information content (AvgIpc) is 3.44. The molecular weight excluding hydrogens is 428 g/mol. The van der Waals surface area contributed by atoms with Gasteiger partial charge in [-0.3, -0.25) is 4.79 Å². The van der Waals surface area contributed by atoms with Gasteiger partial charge in [0.05, 0.1) is 16.9 Å². The Morgan fingerprint density at radius 1 is 1.00 bits per heavy atom. The van der Waals surface area contributed by atoms with E-state index in [2.05, 4.69) is 10.3 Å². The highest BCUT2D eigenvalue weighted by Crippen LogP contribution is 2.25. The minimum Gasteiger partial charge on any atom is -0.469 e. The number of sulfone groups is 1. The highest BCUT2D eigenvalue weighted by Gasteiger charge is 2.21. The van der Waals surface area contributed by atoms with Gasteiger partial charge in [0.1, 0.15) is 17.3 Å². The summed E-state index contributed by atoms with van der Waals surface area (Å²) in [5.41, 5.74) is 1.52. The van der Waals surface area contributed by atoms with Crippen LogP contribution in [0, 0.1) is 6.92 Å². The van der Waals surface area contributed by atoms with E-state index in [9.17, 15) is 13.2 Å². The number of aryl methyl sites for hydroxylation is 1. The van der Waals surface area contributed by atoms with Crippen molar-refractivity contribution in [2.24, 2.45) is 0 Å². The Morgan fingerprint density at radius 3 is 2.44 bits per heavy atom. The first-order chi connectivity index (χ1) is 15.4. The lowest BCUT2D eigenvalue weighted by molar-refractivity contribution is 0.0953. The summed E-state index contributed by atoms with van der Waals surface area (Å²) in [5, 5.41) is 2.85. The van der Waals surface area contributed by atoms with E-state index in [1.54, 1.807) is 67.8 Å². The van der Waals surface area contributed by atoms with Crippen molar-refractivity contribution in [1.82, 2.24) is 10.3 Å². The Balaban J connectivity index is 1.42. The summed E-state index contributed by atoms with van der Waals surface area (Å²) in [7, 11) is -3.53. The van der Waals surface area contributed by atoms with E-state index in [1.165, 1.54) is 0 Å². The lowest BCUT2D eigenvalue weighted by Gasteiger charge is -2.04. The second-order valence-corrected chi connectivity index (χ2v) is 9.25. The normalized spacial score (nSPS) is 11.4. The van der Waals surface area contributed by atoms with Crippen molar-refractivity contribution in [2.45, 2.75) is 24.0 Å². The number of carbonyl (C=O) groups is 1. The first-order valence-electron chi connectivity index (χ1n) is 10.1. The van der Waals surface area contributed by atoms with Crippen LogP contribution in [0.15, 0.2) is 86.7 Å². The topological polar surface area (TPSA) is 102 Å². The van der Waals surface area contributed by atoms with Crippen LogP contribution < -0.4 is 5.32 Å². The molecule has 0 aliphatic heterocycles. The summed E-state index contributed by atoms with van der Waals surface area (Å²) in [6.45, 7) is 2.15. The van der Waals surface area contributed by atoms with Gasteiger partial charge >= 0.3 is 0 Å². The number of amides is 1. The molecule has 8 heteroatoms. The highest BCUT2D eigenvalue weighted by molar-refractivity contribution is 7.90. The molecule has 0 unspecified atom stereocenters. The molecule has 0 aliphatic rings. The van der Waals surface area contributed by atoms with Crippen molar-refractivity contribution in [1.29, 1.82) is 0 Å². The van der Waals surface area contributed by atoms with E-state index in [4.69, 9.17) is 8.83 Å². The van der Waals surface area contributed by atoms with E-state index in [1.807, 2.05) is 12.1 Å². The van der Waals surface area contributed by atoms with Gasteiger partial charge in [0.2, 0.25) is 5.89 Å². The zero-order chi connectivity index (χ0) is 22.6. The summed E-state index contributed by atoms with van der Waals surface area (Å²) in [5.74, 6) is 1.12. The minimum atomic E-state index is -3.53. The second kappa shape index (κ2) is 9.23. The van der Waals surface area contributed by atoms with Crippen molar-refractivity contribution < 1.29 is 22.0 Å². The quantitative estimate of drug-likeness (QED) is 0.432. The molecule has 2 aromatic carbocycles. The maximum Gasteiger partial charge on any atom is 0.251 e. The Kier molecular flexibility index (Phi) is 6.23. The van der Waals surface area contributed by atoms with E-state index < -0.39 is 9.84 Å². The predicted octanol–water partition coefficient (Wildman–Crippen LogP) is 4.19. The molecule has 2 aromatic heterocycles. The van der Waals surface area contributed by atoms with Crippen LogP contribution in [0.2, 0.25) is 0 Å². The number of nitrogens with zero attached hydrogens (tertiary/aromatic N) is 1. The van der Waals surface area contributed by atoms with Crippen molar-refractivity contribution in [2.75, 3.05) is 6.54 Å². The number of oxazole rings is 1. The fourth-order valence-corrected chi connectivity index (χ4v) is 4.56. The third kappa shape index (κ3) is 4.97. The van der Waals surface area contributed by atoms with Gasteiger partial charge < -0.3 is 14.2 Å². The Morgan fingerprint density at radius 2 is 1.75 bits per heavy atom. The Hall–Kier alpha value is -3.65. The van der Waals surface area contributed by atoms with Crippen molar-refractivity contribution in [3.63, 3.8) is 0 Å². The molecule has 1 N–H and O–H groups in total. The number of nitrogens with one attached hydrogen (secondary N) is 1. The number of hydrogen-bond acceptors (Lipinski definition) is 6. The smallest absolute Gasteiger partial charge is 0.251 e. The molecule has 1 amide bonds. The van der Waals surface area contributed by atoms with Crippen molar-refractivity contribution in [3.8, 4) is 11.5 Å². The van der Waals surface area contributed by atoms with Gasteiger partial charge in [0, 0.05) is 24.1 Å². The molecule has 7 nitrogen and oxygen atoms in total. The van der Waals surface area contributed by atoms with Crippen molar-refractivity contribution in [3.05, 3.63) is 95.8 Å². The number of benzene rings is 2. The molecule has 4 rings (SSSR count). The van der Waals surface area contributed by atoms with Gasteiger partial charge in [0.25, 0.3) is 5.91 Å². The highest BCUT2D eigenvalue weighted by atomic mass is 32.2. The third-order valence-corrected chi connectivity index (χ3v) is 6.60. The molecule has 0 fully saturated rings. The zero-order valence-electron chi connectivity index (χ0n) is 17.4. The minimum absolute atomic E-state index is 0.193. The molecule has 0 atom stereocenters. The number of carbonyl (C=O) groups excluding carboxylic acids is 1. The molecule has 4 aromatic rings. The standard InChI is InChI=1S/C24H22N2O5S/c1-17-22(16-32(28,29)21-7-3-2-4-8-21)26-24(31-17)19-11-9-18(10-12-19)23(27)25-14-13-20-6-5-15-30-20/h2-12,15H,13-14,16H2,1H3,(H,25,27). The molecule has 0 bridgehead atoms. The van der Waals surface area contributed by atoms with Crippen LogP contribution in [0.5, 0.6) is 0 Å². The maximum absolute atomic E-state index is 12.6. The fraction of sp³-hybridized carbons (Fsp3) is 0.167. The molecule has 32 heavy (non-hydrogen) atoms. The van der Waals surface area contributed by atoms with Crippen LogP contribution >= 0.6 is 0 Å². The van der Waals surface area contributed by atoms with Crippen LogP contribution in [0.4, 0.5) is 0 Å². The largest absolute Gasteiger partial charge is 0.469 e. The first-order valence-corrected chi connectivity index (χ1v) is 11.7. The monoisotopic (exact) mass is 450 g/mol. The first kappa shape index (κ1) is 21.6. The van der Waals surface area contributed by atoms with Crippen LogP contribution in [0.1, 0.15) is 27.6 Å². The molecule has 0 radical (unpaired) electrons. The number of furan rings is 1. The molecule has 164 valence electrons. The predicted molar refractivity (Wildman–Crippen MR) is 119 cm³/mol. The number of hydrogen-bond donors (Lipinski definition) is 1. The van der Waals surface area contributed by atoms with E-state index >= 15 is 0 Å². The number of aromatic nitrogens is 1. The van der Waals surface area contributed by atoms with Crippen LogP contribution in [0.25, 0.3) is 11.5 Å². The van der Waals surface area contributed by atoms with Crippen LogP contribution in [-0.4, -0.2) is 25.9 Å². The van der Waals surface area contributed by atoms with Crippen molar-refractivity contribution >= 4 is 15.7 Å². The van der Waals surface area contributed by atoms with Gasteiger partial charge in [-0.25, -0.2) is 13.4 Å². The van der Waals surface area contributed by atoms with Gasteiger partial charge in [-0.1, -0.05) is 18.2 Å². The van der Waals surface area contributed by atoms with Gasteiger partial charge in [-0.05, 0) is 55.5 Å². The lowest BCUT2D eigenvalue weighted by Crippen LogP contribution is -2.25. The van der Waals surface area contributed by atoms with Gasteiger partial charge in [0.15, 0.2) is 9.84 Å². The number of rotatable bonds is 8. The second-order valence-electron chi connectivity index (χ2n) is 7.26. The Bertz CT molecular complexity index is 1290. The van der Waals surface area contributed by atoms with Gasteiger partial charge in [-0.15, -0.1) is 0 Å². The molecule has 0 saturated heterocycles. The zero-order valence-corrected chi connectivity index (χ0v) is 18.3. The summed E-state index contributed by atoms with van der Waals surface area (Å²) in [4.78, 5) is 17.0. The summed E-state index contributed by atoms with van der Waals surface area (Å²) >= 11 is 0. The SMILES string of the molecule is Cc1oc(-c2ccc(C(=O)NCCc3ccco3)cc2)nc1CS(=O)(=O)c1ccccc1. The van der Waals surface area contributed by atoms with E-state index in [0.717, 1.165) is 5.76 Å². The van der Waals surface area contributed by atoms with Crippen LogP contribution in [0.3, 0.4) is 0 Å². The summed E-state index contributed by atoms with van der Waals surface area (Å²) in [6, 6.07) is 18.7. The Labute approximate surface area is 186 Å². The van der Waals surface area contributed by atoms with E-state index in [0.29, 0.717) is 41.4 Å². The maximum atomic E-state index is 12.6. The fourth-order valence-electron chi connectivity index (χ4n) is 3.20. The van der Waals surface area contributed by atoms with Gasteiger partial charge in [-0.2, -0.15) is 0 Å². The molecule has 2 heterocycles. The molecule has 0 saturated carbocycles. The third-order valence-electron chi connectivity index (χ3n) is 4.95. The molecule has 0 aliphatic carbocycles. The lowest BCUT2D eigenvalue weighted by atomic mass is 10.1. The summed E-state index contributed by atoms with van der Waals surface area (Å²) < 4.78 is 36.2. The van der Waals surface area contributed by atoms with Crippen LogP contribution in [-0.2, 0) is 22.0 Å². The molecule has 0 spiro atoms. The molecular formula is C24H22N2O5S. The summed E-state index contributed by atoms with van der Waals surface area (Å²) in [6.07, 6.45) is 2.21. The van der Waals surface area contributed by atoms with E-state index in [-0.39, 0.29) is 16.6 Å².